The van der Waals surface area contributed by atoms with E-state index in [2.05, 4.69) is 140 Å². The predicted octanol–water partition coefficient (Wildman–Crippen LogP) is 12.5. The lowest BCUT2D eigenvalue weighted by molar-refractivity contribution is 0.436. The van der Waals surface area contributed by atoms with Crippen molar-refractivity contribution in [1.82, 2.24) is 15.0 Å². The Balaban J connectivity index is 1.13. The molecular formula is C53H32N4O. The summed E-state index contributed by atoms with van der Waals surface area (Å²) < 4.78 is 6.85. The minimum atomic E-state index is -0.708. The second-order valence-electron chi connectivity index (χ2n) is 14.7. The third-order valence-electron chi connectivity index (χ3n) is 11.5. The first kappa shape index (κ1) is 33.4. The summed E-state index contributed by atoms with van der Waals surface area (Å²) in [7, 11) is 0. The molecule has 8 aromatic carbocycles. The fourth-order valence-electron chi connectivity index (χ4n) is 8.75. The van der Waals surface area contributed by atoms with Crippen LogP contribution in [0.15, 0.2) is 194 Å². The Morgan fingerprint density at radius 2 is 0.759 bits per heavy atom. The summed E-state index contributed by atoms with van der Waals surface area (Å²) in [5, 5.41) is 9.50. The molecule has 0 N–H and O–H groups in total. The van der Waals surface area contributed by atoms with E-state index in [9.17, 15) is 5.26 Å². The van der Waals surface area contributed by atoms with Gasteiger partial charge in [-0.1, -0.05) is 152 Å². The van der Waals surface area contributed by atoms with Crippen molar-refractivity contribution >= 4 is 0 Å². The van der Waals surface area contributed by atoms with Crippen molar-refractivity contribution in [3.63, 3.8) is 0 Å². The zero-order chi connectivity index (χ0) is 38.6. The van der Waals surface area contributed by atoms with E-state index in [1.807, 2.05) is 60.7 Å². The van der Waals surface area contributed by atoms with Crippen LogP contribution in [0.25, 0.3) is 67.5 Å². The van der Waals surface area contributed by atoms with Crippen LogP contribution in [0, 0.1) is 11.3 Å². The molecule has 0 saturated carbocycles. The Labute approximate surface area is 336 Å². The standard InChI is InChI=1S/C53H32N4O/c54-33-34-19-21-37(22-20-34)40-27-29-48-46(31-40)53(44-17-9-7-15-42(44)43-16-8-10-18-45(43)53)47-32-41(28-30-49(47)58-48)52-56-50(38-13-5-2-6-14-38)55-51(57-52)39-25-23-36(24-26-39)35-11-3-1-4-12-35/h1-32H. The molecule has 0 amide bonds. The second-order valence-corrected chi connectivity index (χ2v) is 14.7. The van der Waals surface area contributed by atoms with Crippen molar-refractivity contribution in [3.05, 3.63) is 222 Å². The van der Waals surface area contributed by atoms with E-state index < -0.39 is 5.41 Å². The van der Waals surface area contributed by atoms with Crippen molar-refractivity contribution in [3.8, 4) is 85.1 Å². The molecule has 1 aliphatic heterocycles. The fraction of sp³-hybridized carbons (Fsp3) is 0.0189. The van der Waals surface area contributed by atoms with E-state index in [4.69, 9.17) is 19.7 Å². The van der Waals surface area contributed by atoms with Crippen molar-refractivity contribution in [2.75, 3.05) is 0 Å². The maximum Gasteiger partial charge on any atom is 0.164 e. The monoisotopic (exact) mass is 740 g/mol. The molecule has 0 atom stereocenters. The summed E-state index contributed by atoms with van der Waals surface area (Å²) in [6, 6.07) is 69.1. The number of hydrogen-bond acceptors (Lipinski definition) is 5. The maximum absolute atomic E-state index is 9.50. The molecule has 1 aliphatic carbocycles. The molecule has 1 aromatic heterocycles. The van der Waals surface area contributed by atoms with Crippen LogP contribution in [0.4, 0.5) is 0 Å². The molecule has 58 heavy (non-hydrogen) atoms. The number of fused-ring (bicyclic) bond motifs is 9. The molecule has 0 bridgehead atoms. The van der Waals surface area contributed by atoms with Gasteiger partial charge in [-0.25, -0.2) is 15.0 Å². The number of rotatable bonds is 5. The van der Waals surface area contributed by atoms with Crippen LogP contribution in [-0.2, 0) is 5.41 Å². The Hall–Kier alpha value is -7.94. The molecule has 11 rings (SSSR count). The van der Waals surface area contributed by atoms with Crippen molar-refractivity contribution in [2.45, 2.75) is 5.41 Å². The van der Waals surface area contributed by atoms with Gasteiger partial charge in [-0.3, -0.25) is 0 Å². The zero-order valence-corrected chi connectivity index (χ0v) is 31.2. The molecule has 5 heteroatoms. The number of ether oxygens (including phenoxy) is 1. The topological polar surface area (TPSA) is 71.7 Å². The van der Waals surface area contributed by atoms with E-state index in [1.165, 1.54) is 22.3 Å². The van der Waals surface area contributed by atoms with Crippen molar-refractivity contribution in [2.24, 2.45) is 0 Å². The number of nitrogens with zero attached hydrogens (tertiary/aromatic N) is 4. The van der Waals surface area contributed by atoms with Crippen LogP contribution < -0.4 is 4.74 Å². The van der Waals surface area contributed by atoms with Crippen LogP contribution in [0.5, 0.6) is 11.5 Å². The largest absolute Gasteiger partial charge is 0.457 e. The minimum Gasteiger partial charge on any atom is -0.457 e. The second kappa shape index (κ2) is 13.4. The summed E-state index contributed by atoms with van der Waals surface area (Å²) in [6.45, 7) is 0. The molecular weight excluding hydrogens is 709 g/mol. The van der Waals surface area contributed by atoms with E-state index in [0.29, 0.717) is 23.0 Å². The molecule has 2 heterocycles. The smallest absolute Gasteiger partial charge is 0.164 e. The highest BCUT2D eigenvalue weighted by Gasteiger charge is 2.51. The molecule has 9 aromatic rings. The van der Waals surface area contributed by atoms with Crippen LogP contribution in [0.3, 0.4) is 0 Å². The normalized spacial score (nSPS) is 12.7. The van der Waals surface area contributed by atoms with Crippen LogP contribution in [0.2, 0.25) is 0 Å². The van der Waals surface area contributed by atoms with E-state index in [1.54, 1.807) is 0 Å². The quantitative estimate of drug-likeness (QED) is 0.176. The average Bonchev–Trinajstić information content (AvgIpc) is 3.60. The number of hydrogen-bond donors (Lipinski definition) is 0. The highest BCUT2D eigenvalue weighted by molar-refractivity contribution is 5.90. The Morgan fingerprint density at radius 3 is 1.34 bits per heavy atom. The summed E-state index contributed by atoms with van der Waals surface area (Å²) in [5.41, 5.74) is 13.8. The van der Waals surface area contributed by atoms with Gasteiger partial charge in [-0.2, -0.15) is 5.26 Å². The van der Waals surface area contributed by atoms with Gasteiger partial charge in [0, 0.05) is 27.8 Å². The molecule has 2 aliphatic rings. The molecule has 0 saturated heterocycles. The molecule has 0 unspecified atom stereocenters. The number of nitriles is 1. The van der Waals surface area contributed by atoms with E-state index >= 15 is 0 Å². The zero-order valence-electron chi connectivity index (χ0n) is 31.2. The molecule has 0 fully saturated rings. The molecule has 0 radical (unpaired) electrons. The van der Waals surface area contributed by atoms with Gasteiger partial charge in [0.1, 0.15) is 11.5 Å². The first-order chi connectivity index (χ1) is 28.7. The first-order valence-electron chi connectivity index (χ1n) is 19.3. The van der Waals surface area contributed by atoms with Crippen LogP contribution in [-0.4, -0.2) is 15.0 Å². The SMILES string of the molecule is N#Cc1ccc(-c2ccc3c(c2)C2(c4cc(-c5nc(-c6ccccc6)nc(-c6ccc(-c7ccccc7)cc6)n5)ccc4O3)c3ccccc3-c3ccccc32)cc1. The third kappa shape index (κ3) is 5.27. The number of aromatic nitrogens is 3. The van der Waals surface area contributed by atoms with Gasteiger partial charge in [-0.05, 0) is 87.0 Å². The first-order valence-corrected chi connectivity index (χ1v) is 19.3. The fourth-order valence-corrected chi connectivity index (χ4v) is 8.75. The van der Waals surface area contributed by atoms with Crippen LogP contribution in [0.1, 0.15) is 27.8 Å². The molecule has 1 spiro atoms. The van der Waals surface area contributed by atoms with E-state index in [-0.39, 0.29) is 0 Å². The maximum atomic E-state index is 9.50. The molecule has 5 nitrogen and oxygen atoms in total. The summed E-state index contributed by atoms with van der Waals surface area (Å²) in [4.78, 5) is 15.4. The molecule has 270 valence electrons. The van der Waals surface area contributed by atoms with E-state index in [0.717, 1.165) is 61.6 Å². The van der Waals surface area contributed by atoms with Gasteiger partial charge in [-0.15, -0.1) is 0 Å². The average molecular weight is 741 g/mol. The van der Waals surface area contributed by atoms with Crippen LogP contribution >= 0.6 is 0 Å². The van der Waals surface area contributed by atoms with Gasteiger partial charge < -0.3 is 4.74 Å². The van der Waals surface area contributed by atoms with Crippen molar-refractivity contribution < 1.29 is 4.74 Å². The highest BCUT2D eigenvalue weighted by atomic mass is 16.5. The Morgan fingerprint density at radius 1 is 0.362 bits per heavy atom. The van der Waals surface area contributed by atoms with Gasteiger partial charge in [0.25, 0.3) is 0 Å². The lowest BCUT2D eigenvalue weighted by Gasteiger charge is -2.40. The minimum absolute atomic E-state index is 0.575. The highest BCUT2D eigenvalue weighted by Crippen LogP contribution is 2.62. The summed E-state index contributed by atoms with van der Waals surface area (Å²) in [5.74, 6) is 3.36. The van der Waals surface area contributed by atoms with Gasteiger partial charge in [0.2, 0.25) is 0 Å². The summed E-state index contributed by atoms with van der Waals surface area (Å²) >= 11 is 0. The lowest BCUT2D eigenvalue weighted by Crippen LogP contribution is -2.32. The number of benzene rings is 8. The third-order valence-corrected chi connectivity index (χ3v) is 11.5. The van der Waals surface area contributed by atoms with Crippen molar-refractivity contribution in [1.29, 1.82) is 5.26 Å². The van der Waals surface area contributed by atoms with Gasteiger partial charge >= 0.3 is 0 Å². The Bertz CT molecular complexity index is 3030. The summed E-state index contributed by atoms with van der Waals surface area (Å²) in [6.07, 6.45) is 0. The predicted molar refractivity (Wildman–Crippen MR) is 229 cm³/mol. The Kier molecular flexibility index (Phi) is 7.70. The van der Waals surface area contributed by atoms with Gasteiger partial charge in [0.05, 0.1) is 17.0 Å². The van der Waals surface area contributed by atoms with Gasteiger partial charge in [0.15, 0.2) is 17.5 Å². The lowest BCUT2D eigenvalue weighted by atomic mass is 9.65.